The number of pyridine rings is 1. The monoisotopic (exact) mass is 382 g/mol. The fraction of sp³-hybridized carbons (Fsp3) is 0.350. The number of nitrogens with zero attached hydrogens (tertiary/aromatic N) is 2. The molecule has 0 radical (unpaired) electrons. The quantitative estimate of drug-likeness (QED) is 0.499. The Balaban J connectivity index is 1.67. The largest absolute Gasteiger partial charge is 0.382 e. The van der Waals surface area contributed by atoms with Crippen LogP contribution >= 0.6 is 0 Å². The van der Waals surface area contributed by atoms with E-state index in [0.717, 1.165) is 16.5 Å². The minimum Gasteiger partial charge on any atom is -0.382 e. The Bertz CT molecular complexity index is 938. The van der Waals surface area contributed by atoms with Gasteiger partial charge in [-0.3, -0.25) is 10.4 Å². The molecule has 3 rings (SSSR count). The topological polar surface area (TPSA) is 104 Å². The third kappa shape index (κ3) is 4.77. The number of hydrogen-bond donors (Lipinski definition) is 4. The van der Waals surface area contributed by atoms with Gasteiger partial charge in [0.25, 0.3) is 0 Å². The maximum atomic E-state index is 12.3. The van der Waals surface area contributed by atoms with Crippen molar-refractivity contribution >= 4 is 28.6 Å². The minimum atomic E-state index is -0.317. The average Bonchev–Trinajstić information content (AvgIpc) is 3.03. The molecule has 2 heterocycles. The molecule has 0 aliphatic rings. The summed E-state index contributed by atoms with van der Waals surface area (Å²) in [6.45, 7) is 6.52. The smallest absolute Gasteiger partial charge is 0.320 e. The molecule has 0 spiro atoms. The van der Waals surface area contributed by atoms with Gasteiger partial charge < -0.3 is 15.4 Å². The van der Waals surface area contributed by atoms with Gasteiger partial charge in [-0.15, -0.1) is 0 Å². The Morgan fingerprint density at radius 3 is 2.75 bits per heavy atom. The number of anilines is 2. The molecule has 2 amide bonds. The Morgan fingerprint density at radius 1 is 1.29 bits per heavy atom. The number of benzene rings is 1. The van der Waals surface area contributed by atoms with Gasteiger partial charge in [-0.25, -0.2) is 9.78 Å². The summed E-state index contributed by atoms with van der Waals surface area (Å²) in [7, 11) is 1.66. The summed E-state index contributed by atoms with van der Waals surface area (Å²) in [4.78, 5) is 16.6. The molecule has 28 heavy (non-hydrogen) atoms. The minimum absolute atomic E-state index is 0.115. The first-order valence-corrected chi connectivity index (χ1v) is 9.12. The second kappa shape index (κ2) is 8.26. The Hall–Kier alpha value is -3.13. The number of aromatic amines is 1. The van der Waals surface area contributed by atoms with E-state index in [1.807, 2.05) is 51.1 Å². The van der Waals surface area contributed by atoms with E-state index < -0.39 is 0 Å². The van der Waals surface area contributed by atoms with Crippen LogP contribution < -0.4 is 16.0 Å². The van der Waals surface area contributed by atoms with E-state index in [-0.39, 0.29) is 17.6 Å². The van der Waals surface area contributed by atoms with Crippen LogP contribution in [-0.4, -0.2) is 40.5 Å². The number of rotatable bonds is 7. The van der Waals surface area contributed by atoms with Crippen LogP contribution in [-0.2, 0) is 4.74 Å². The standard InChI is InChI=1S/C20H26N6O2/c1-13(14-8-6-5-7-9-14)22-19(27)23-17-10-16-15(11-21-17)18(26-25-16)24-20(2,3)12-28-4/h5-11,13H,12H2,1-4H3,(H2,24,25,26)(H2,21,22,23,27). The van der Waals surface area contributed by atoms with Gasteiger partial charge in [0.1, 0.15) is 5.82 Å². The molecular formula is C20H26N6O2. The zero-order chi connectivity index (χ0) is 20.1. The Kier molecular flexibility index (Phi) is 5.79. The summed E-state index contributed by atoms with van der Waals surface area (Å²) >= 11 is 0. The third-order valence-electron chi connectivity index (χ3n) is 4.30. The highest BCUT2D eigenvalue weighted by atomic mass is 16.5. The molecular weight excluding hydrogens is 356 g/mol. The SMILES string of the molecule is COCC(C)(C)Nc1n[nH]c2cc(NC(=O)NC(C)c3ccccc3)ncc12. The van der Waals surface area contributed by atoms with E-state index in [0.29, 0.717) is 18.2 Å². The lowest BCUT2D eigenvalue weighted by Gasteiger charge is -2.25. The maximum Gasteiger partial charge on any atom is 0.320 e. The van der Waals surface area contributed by atoms with E-state index >= 15 is 0 Å². The van der Waals surface area contributed by atoms with E-state index in [1.165, 1.54) is 0 Å². The van der Waals surface area contributed by atoms with Crippen molar-refractivity contribution in [2.75, 3.05) is 24.4 Å². The molecule has 4 N–H and O–H groups in total. The lowest BCUT2D eigenvalue weighted by Crippen LogP contribution is -2.36. The van der Waals surface area contributed by atoms with Gasteiger partial charge in [0.2, 0.25) is 0 Å². The fourth-order valence-electron chi connectivity index (χ4n) is 2.97. The highest BCUT2D eigenvalue weighted by molar-refractivity contribution is 5.94. The highest BCUT2D eigenvalue weighted by Crippen LogP contribution is 2.24. The number of urea groups is 1. The van der Waals surface area contributed by atoms with Gasteiger partial charge in [0, 0.05) is 19.4 Å². The second-order valence-corrected chi connectivity index (χ2v) is 7.36. The lowest BCUT2D eigenvalue weighted by atomic mass is 10.1. The van der Waals surface area contributed by atoms with Crippen molar-refractivity contribution in [2.24, 2.45) is 0 Å². The van der Waals surface area contributed by atoms with E-state index in [9.17, 15) is 4.79 Å². The van der Waals surface area contributed by atoms with Gasteiger partial charge in [0.05, 0.1) is 29.1 Å². The molecule has 1 atom stereocenters. The number of methoxy groups -OCH3 is 1. The average molecular weight is 382 g/mol. The zero-order valence-corrected chi connectivity index (χ0v) is 16.5. The number of ether oxygens (including phenoxy) is 1. The number of hydrogen-bond acceptors (Lipinski definition) is 5. The van der Waals surface area contributed by atoms with Gasteiger partial charge in [-0.1, -0.05) is 30.3 Å². The van der Waals surface area contributed by atoms with Crippen molar-refractivity contribution in [1.82, 2.24) is 20.5 Å². The summed E-state index contributed by atoms with van der Waals surface area (Å²) in [6, 6.07) is 11.1. The maximum absolute atomic E-state index is 12.3. The van der Waals surface area contributed by atoms with Crippen LogP contribution in [0.25, 0.3) is 10.9 Å². The molecule has 0 fully saturated rings. The summed E-state index contributed by atoms with van der Waals surface area (Å²) in [5, 5.41) is 17.1. The van der Waals surface area contributed by atoms with Crippen molar-refractivity contribution in [3.8, 4) is 0 Å². The summed E-state index contributed by atoms with van der Waals surface area (Å²) in [5.41, 5.74) is 1.53. The second-order valence-electron chi connectivity index (χ2n) is 7.36. The van der Waals surface area contributed by atoms with Gasteiger partial charge >= 0.3 is 6.03 Å². The molecule has 8 nitrogen and oxygen atoms in total. The summed E-state index contributed by atoms with van der Waals surface area (Å²) in [5.74, 6) is 1.13. The van der Waals surface area contributed by atoms with Crippen molar-refractivity contribution in [2.45, 2.75) is 32.4 Å². The Morgan fingerprint density at radius 2 is 2.04 bits per heavy atom. The molecule has 0 bridgehead atoms. The highest BCUT2D eigenvalue weighted by Gasteiger charge is 2.20. The van der Waals surface area contributed by atoms with Gasteiger partial charge in [-0.2, -0.15) is 5.10 Å². The van der Waals surface area contributed by atoms with Gasteiger partial charge in [0.15, 0.2) is 5.82 Å². The number of fused-ring (bicyclic) bond motifs is 1. The summed E-state index contributed by atoms with van der Waals surface area (Å²) < 4.78 is 5.22. The predicted octanol–water partition coefficient (Wildman–Crippen LogP) is 3.68. The molecule has 0 saturated carbocycles. The van der Waals surface area contributed by atoms with Crippen LogP contribution in [0.2, 0.25) is 0 Å². The molecule has 2 aromatic heterocycles. The van der Waals surface area contributed by atoms with E-state index in [1.54, 1.807) is 19.4 Å². The van der Waals surface area contributed by atoms with Crippen LogP contribution in [0.3, 0.4) is 0 Å². The predicted molar refractivity (Wildman–Crippen MR) is 110 cm³/mol. The Labute approximate surface area is 164 Å². The zero-order valence-electron chi connectivity index (χ0n) is 16.5. The van der Waals surface area contributed by atoms with E-state index in [2.05, 4.69) is 31.1 Å². The molecule has 0 saturated heterocycles. The molecule has 1 unspecified atom stereocenters. The van der Waals surface area contributed by atoms with Gasteiger partial charge in [-0.05, 0) is 26.3 Å². The van der Waals surface area contributed by atoms with Crippen molar-refractivity contribution in [3.63, 3.8) is 0 Å². The number of H-pyrrole nitrogens is 1. The molecule has 3 aromatic rings. The fourth-order valence-corrected chi connectivity index (χ4v) is 2.97. The first kappa shape index (κ1) is 19.6. The molecule has 0 aliphatic heterocycles. The van der Waals surface area contributed by atoms with Crippen molar-refractivity contribution < 1.29 is 9.53 Å². The number of aromatic nitrogens is 3. The number of amides is 2. The molecule has 1 aromatic carbocycles. The molecule has 8 heteroatoms. The van der Waals surface area contributed by atoms with Crippen LogP contribution in [0, 0.1) is 0 Å². The van der Waals surface area contributed by atoms with Crippen LogP contribution in [0.1, 0.15) is 32.4 Å². The summed E-state index contributed by atoms with van der Waals surface area (Å²) in [6.07, 6.45) is 1.68. The lowest BCUT2D eigenvalue weighted by molar-refractivity contribution is 0.158. The first-order valence-electron chi connectivity index (χ1n) is 9.12. The number of carbonyl (C=O) groups excluding carboxylic acids is 1. The normalized spacial score (nSPS) is 12.6. The van der Waals surface area contributed by atoms with Crippen molar-refractivity contribution in [1.29, 1.82) is 0 Å². The molecule has 0 aliphatic carbocycles. The third-order valence-corrected chi connectivity index (χ3v) is 4.30. The van der Waals surface area contributed by atoms with Crippen LogP contribution in [0.15, 0.2) is 42.6 Å². The van der Waals surface area contributed by atoms with Crippen molar-refractivity contribution in [3.05, 3.63) is 48.2 Å². The van der Waals surface area contributed by atoms with Crippen LogP contribution in [0.5, 0.6) is 0 Å². The number of carbonyl (C=O) groups is 1. The number of nitrogens with one attached hydrogen (secondary N) is 4. The van der Waals surface area contributed by atoms with E-state index in [4.69, 9.17) is 4.74 Å². The van der Waals surface area contributed by atoms with Crippen LogP contribution in [0.4, 0.5) is 16.4 Å². The molecule has 148 valence electrons. The first-order chi connectivity index (χ1) is 13.4.